The molecule has 0 bridgehead atoms. The SMILES string of the molecule is CC(C)(C)OC(=O)N1CCC2(CC1)CC21C(=O)OC(C)(C)OC1=O. The highest BCUT2D eigenvalue weighted by molar-refractivity contribution is 6.06. The van der Waals surface area contributed by atoms with Crippen LogP contribution in [0.4, 0.5) is 4.79 Å². The molecule has 3 fully saturated rings. The van der Waals surface area contributed by atoms with Crippen molar-refractivity contribution in [2.75, 3.05) is 13.1 Å². The number of carbonyl (C=O) groups is 3. The number of likely N-dealkylation sites (tertiary alicyclic amines) is 1. The highest BCUT2D eigenvalue weighted by Gasteiger charge is 2.80. The number of ether oxygens (including phenoxy) is 3. The molecule has 2 aliphatic heterocycles. The van der Waals surface area contributed by atoms with Crippen LogP contribution in [0.3, 0.4) is 0 Å². The lowest BCUT2D eigenvalue weighted by molar-refractivity contribution is -0.245. The number of amides is 1. The van der Waals surface area contributed by atoms with E-state index < -0.39 is 34.2 Å². The van der Waals surface area contributed by atoms with E-state index >= 15 is 0 Å². The van der Waals surface area contributed by atoms with Gasteiger partial charge < -0.3 is 19.1 Å². The molecule has 7 nitrogen and oxygen atoms in total. The third kappa shape index (κ3) is 2.54. The van der Waals surface area contributed by atoms with Gasteiger partial charge in [-0.05, 0) is 40.0 Å². The van der Waals surface area contributed by atoms with Crippen LogP contribution >= 0.6 is 0 Å². The maximum absolute atomic E-state index is 12.5. The van der Waals surface area contributed by atoms with Gasteiger partial charge in [-0.25, -0.2) is 4.79 Å². The van der Waals surface area contributed by atoms with E-state index in [9.17, 15) is 14.4 Å². The van der Waals surface area contributed by atoms with Crippen molar-refractivity contribution in [3.8, 4) is 0 Å². The van der Waals surface area contributed by atoms with Crippen molar-refractivity contribution in [3.63, 3.8) is 0 Å². The van der Waals surface area contributed by atoms with Crippen molar-refractivity contribution < 1.29 is 28.6 Å². The Morgan fingerprint density at radius 3 is 2.04 bits per heavy atom. The van der Waals surface area contributed by atoms with E-state index in [2.05, 4.69) is 0 Å². The summed E-state index contributed by atoms with van der Waals surface area (Å²) in [7, 11) is 0. The monoisotopic (exact) mass is 339 g/mol. The third-order valence-electron chi connectivity index (χ3n) is 5.13. The minimum atomic E-state index is -1.21. The second kappa shape index (κ2) is 4.86. The summed E-state index contributed by atoms with van der Waals surface area (Å²) in [5, 5.41) is 0. The highest BCUT2D eigenvalue weighted by Crippen LogP contribution is 2.71. The molecule has 24 heavy (non-hydrogen) atoms. The van der Waals surface area contributed by atoms with E-state index in [1.54, 1.807) is 18.7 Å². The van der Waals surface area contributed by atoms with Gasteiger partial charge in [0.2, 0.25) is 0 Å². The molecular weight excluding hydrogens is 314 g/mol. The summed E-state index contributed by atoms with van der Waals surface area (Å²) in [5.74, 6) is -2.19. The smallest absolute Gasteiger partial charge is 0.410 e. The number of hydrogen-bond donors (Lipinski definition) is 0. The largest absolute Gasteiger partial charge is 0.444 e. The van der Waals surface area contributed by atoms with Crippen LogP contribution in [0.5, 0.6) is 0 Å². The maximum Gasteiger partial charge on any atom is 0.410 e. The Morgan fingerprint density at radius 1 is 1.08 bits per heavy atom. The highest BCUT2D eigenvalue weighted by atomic mass is 16.7. The molecule has 1 amide bonds. The fourth-order valence-electron chi connectivity index (χ4n) is 3.81. The fraction of sp³-hybridized carbons (Fsp3) is 0.824. The number of carbonyl (C=O) groups excluding carboxylic acids is 3. The molecule has 0 N–H and O–H groups in total. The van der Waals surface area contributed by atoms with Crippen LogP contribution in [0.15, 0.2) is 0 Å². The Balaban J connectivity index is 1.67. The van der Waals surface area contributed by atoms with Gasteiger partial charge in [-0.3, -0.25) is 9.59 Å². The molecule has 2 heterocycles. The number of esters is 2. The molecular formula is C17H25NO6. The molecule has 0 aromatic rings. The molecule has 0 unspecified atom stereocenters. The minimum absolute atomic E-state index is 0.359. The molecule has 2 saturated heterocycles. The minimum Gasteiger partial charge on any atom is -0.444 e. The summed E-state index contributed by atoms with van der Waals surface area (Å²) in [6, 6.07) is 0. The summed E-state index contributed by atoms with van der Waals surface area (Å²) in [5.41, 5.74) is -2.17. The van der Waals surface area contributed by atoms with Crippen molar-refractivity contribution >= 4 is 18.0 Å². The van der Waals surface area contributed by atoms with Gasteiger partial charge in [-0.15, -0.1) is 0 Å². The number of cyclic esters (lactones) is 2. The molecule has 0 radical (unpaired) electrons. The summed E-state index contributed by atoms with van der Waals surface area (Å²) < 4.78 is 16.0. The lowest BCUT2D eigenvalue weighted by atomic mass is 9.83. The van der Waals surface area contributed by atoms with Gasteiger partial charge in [0.05, 0.1) is 0 Å². The first-order chi connectivity index (χ1) is 10.9. The topological polar surface area (TPSA) is 82.1 Å². The Bertz CT molecular complexity index is 575. The number of hydrogen-bond acceptors (Lipinski definition) is 6. The van der Waals surface area contributed by atoms with Crippen LogP contribution in [0.25, 0.3) is 0 Å². The van der Waals surface area contributed by atoms with Crippen LogP contribution in [0.2, 0.25) is 0 Å². The summed E-state index contributed by atoms with van der Waals surface area (Å²) in [6.07, 6.45) is 1.21. The van der Waals surface area contributed by atoms with Gasteiger partial charge in [0.25, 0.3) is 5.79 Å². The molecule has 0 aromatic heterocycles. The Hall–Kier alpha value is -1.79. The Labute approximate surface area is 141 Å². The van der Waals surface area contributed by atoms with E-state index in [1.165, 1.54) is 0 Å². The van der Waals surface area contributed by atoms with E-state index in [0.717, 1.165) is 0 Å². The van der Waals surface area contributed by atoms with Crippen LogP contribution < -0.4 is 0 Å². The van der Waals surface area contributed by atoms with Crippen molar-refractivity contribution in [3.05, 3.63) is 0 Å². The zero-order valence-corrected chi connectivity index (χ0v) is 14.9. The van der Waals surface area contributed by atoms with Gasteiger partial charge >= 0.3 is 18.0 Å². The van der Waals surface area contributed by atoms with E-state index in [0.29, 0.717) is 32.4 Å². The van der Waals surface area contributed by atoms with Crippen molar-refractivity contribution in [1.82, 2.24) is 4.90 Å². The van der Waals surface area contributed by atoms with Gasteiger partial charge in [-0.2, -0.15) is 0 Å². The quantitative estimate of drug-likeness (QED) is 0.497. The first kappa shape index (κ1) is 17.0. The zero-order chi connectivity index (χ0) is 18.0. The van der Waals surface area contributed by atoms with Crippen LogP contribution in [0.1, 0.15) is 53.9 Å². The molecule has 1 saturated carbocycles. The first-order valence-corrected chi connectivity index (χ1v) is 8.36. The van der Waals surface area contributed by atoms with Crippen LogP contribution in [-0.2, 0) is 23.8 Å². The molecule has 1 aliphatic carbocycles. The standard InChI is InChI=1S/C17H25NO6/c1-14(2,3)24-13(21)18-8-6-16(7-9-18)10-17(16)11(19)22-15(4,5)23-12(17)20/h6-10H2,1-5H3. The van der Waals surface area contributed by atoms with Crippen molar-refractivity contribution in [1.29, 1.82) is 0 Å². The normalized spacial score (nSPS) is 26.8. The van der Waals surface area contributed by atoms with Gasteiger partial charge in [0.1, 0.15) is 5.60 Å². The van der Waals surface area contributed by atoms with Gasteiger partial charge in [-0.1, -0.05) is 0 Å². The molecule has 134 valence electrons. The first-order valence-electron chi connectivity index (χ1n) is 8.36. The lowest BCUT2D eigenvalue weighted by Gasteiger charge is -2.38. The Kier molecular flexibility index (Phi) is 3.45. The predicted octanol–water partition coefficient (Wildman–Crippen LogP) is 2.23. The summed E-state index contributed by atoms with van der Waals surface area (Å²) in [6.45, 7) is 9.49. The summed E-state index contributed by atoms with van der Waals surface area (Å²) >= 11 is 0. The fourth-order valence-corrected chi connectivity index (χ4v) is 3.81. The van der Waals surface area contributed by atoms with Crippen molar-refractivity contribution in [2.24, 2.45) is 10.8 Å². The van der Waals surface area contributed by atoms with Gasteiger partial charge in [0, 0.05) is 32.4 Å². The molecule has 7 heteroatoms. The molecule has 3 rings (SSSR count). The molecule has 0 aromatic carbocycles. The molecule has 3 aliphatic rings. The molecule has 2 spiro atoms. The average molecular weight is 339 g/mol. The van der Waals surface area contributed by atoms with E-state index in [-0.39, 0.29) is 6.09 Å². The Morgan fingerprint density at radius 2 is 1.58 bits per heavy atom. The van der Waals surface area contributed by atoms with Gasteiger partial charge in [0.15, 0.2) is 5.41 Å². The summed E-state index contributed by atoms with van der Waals surface area (Å²) in [4.78, 5) is 38.7. The maximum atomic E-state index is 12.5. The average Bonchev–Trinajstić information content (AvgIpc) is 3.04. The predicted molar refractivity (Wildman–Crippen MR) is 82.8 cm³/mol. The van der Waals surface area contributed by atoms with Crippen molar-refractivity contribution in [2.45, 2.75) is 65.3 Å². The van der Waals surface area contributed by atoms with E-state index in [1.807, 2.05) is 20.8 Å². The van der Waals surface area contributed by atoms with E-state index in [4.69, 9.17) is 14.2 Å². The third-order valence-corrected chi connectivity index (χ3v) is 5.13. The van der Waals surface area contributed by atoms with Crippen LogP contribution in [0, 0.1) is 10.8 Å². The second-order valence-electron chi connectivity index (χ2n) is 8.51. The lowest BCUT2D eigenvalue weighted by Crippen LogP contribution is -2.51. The number of fused-ring (bicyclic) bond motifs is 1. The second-order valence-corrected chi connectivity index (χ2v) is 8.51. The number of rotatable bonds is 0. The van der Waals surface area contributed by atoms with Crippen LogP contribution in [-0.4, -0.2) is 47.4 Å². The number of piperidine rings is 1. The number of nitrogens with zero attached hydrogens (tertiary/aromatic N) is 1. The molecule has 0 atom stereocenters. The zero-order valence-electron chi connectivity index (χ0n) is 14.9.